The summed E-state index contributed by atoms with van der Waals surface area (Å²) >= 11 is 12.7. The third-order valence-corrected chi connectivity index (χ3v) is 7.75. The van der Waals surface area contributed by atoms with Gasteiger partial charge in [-0.2, -0.15) is 0 Å². The van der Waals surface area contributed by atoms with Crippen LogP contribution in [0, 0.1) is 5.82 Å². The van der Waals surface area contributed by atoms with Crippen molar-refractivity contribution >= 4 is 46.0 Å². The SMILES string of the molecule is CCC[C@@H](CC(=O)c1ccc(-c2c(Cl)cccc2-c2nc3cc(Cl)c(F)cc3[nH]2)c(C(=O)OC)c1)c1ccccc1. The van der Waals surface area contributed by atoms with Gasteiger partial charge < -0.3 is 9.72 Å². The first kappa shape index (κ1) is 28.5. The highest BCUT2D eigenvalue weighted by Gasteiger charge is 2.24. The molecule has 1 aromatic heterocycles. The van der Waals surface area contributed by atoms with Crippen LogP contribution in [-0.4, -0.2) is 28.8 Å². The van der Waals surface area contributed by atoms with E-state index in [1.807, 2.05) is 30.3 Å². The summed E-state index contributed by atoms with van der Waals surface area (Å²) in [5.41, 5.74) is 4.24. The first-order valence-corrected chi connectivity index (χ1v) is 14.0. The molecule has 1 N–H and O–H groups in total. The third-order valence-electron chi connectivity index (χ3n) is 7.15. The number of ether oxygens (including phenoxy) is 1. The van der Waals surface area contributed by atoms with Gasteiger partial charge in [0.05, 0.1) is 28.7 Å². The fraction of sp³-hybridized carbons (Fsp3) is 0.182. The van der Waals surface area contributed by atoms with Gasteiger partial charge in [0.15, 0.2) is 5.78 Å². The van der Waals surface area contributed by atoms with Gasteiger partial charge >= 0.3 is 5.97 Å². The van der Waals surface area contributed by atoms with Gasteiger partial charge in [0.1, 0.15) is 11.6 Å². The zero-order valence-electron chi connectivity index (χ0n) is 22.5. The van der Waals surface area contributed by atoms with Crippen molar-refractivity contribution in [2.75, 3.05) is 7.11 Å². The molecule has 5 aromatic rings. The summed E-state index contributed by atoms with van der Waals surface area (Å²) < 4.78 is 19.2. The Morgan fingerprint density at radius 2 is 1.73 bits per heavy atom. The number of H-pyrrole nitrogens is 1. The van der Waals surface area contributed by atoms with Crippen LogP contribution in [0.15, 0.2) is 78.9 Å². The van der Waals surface area contributed by atoms with Crippen molar-refractivity contribution in [1.29, 1.82) is 0 Å². The molecule has 4 aromatic carbocycles. The summed E-state index contributed by atoms with van der Waals surface area (Å²) in [5, 5.41) is 0.326. The molecule has 0 spiro atoms. The number of fused-ring (bicyclic) bond motifs is 1. The zero-order valence-corrected chi connectivity index (χ0v) is 24.0. The molecule has 1 atom stereocenters. The number of esters is 1. The number of halogens is 3. The van der Waals surface area contributed by atoms with Gasteiger partial charge in [-0.1, -0.05) is 91.1 Å². The fourth-order valence-corrected chi connectivity index (χ4v) is 5.58. The maximum atomic E-state index is 14.1. The smallest absolute Gasteiger partial charge is 0.338 e. The summed E-state index contributed by atoms with van der Waals surface area (Å²) in [4.78, 5) is 34.3. The van der Waals surface area contributed by atoms with Crippen LogP contribution >= 0.6 is 23.2 Å². The number of nitrogens with one attached hydrogen (secondary N) is 1. The number of nitrogens with zero attached hydrogens (tertiary/aromatic N) is 1. The molecule has 0 aliphatic heterocycles. The maximum absolute atomic E-state index is 14.1. The molecule has 0 aliphatic rings. The highest BCUT2D eigenvalue weighted by Crippen LogP contribution is 2.40. The number of aromatic amines is 1. The quantitative estimate of drug-likeness (QED) is 0.137. The number of ketones is 1. The predicted octanol–water partition coefficient (Wildman–Crippen LogP) is 9.29. The number of hydrogen-bond donors (Lipinski definition) is 1. The highest BCUT2D eigenvalue weighted by atomic mass is 35.5. The first-order valence-electron chi connectivity index (χ1n) is 13.2. The number of aromatic nitrogens is 2. The molecule has 0 bridgehead atoms. The van der Waals surface area contributed by atoms with Gasteiger partial charge in [-0.05, 0) is 41.7 Å². The number of imidazole rings is 1. The van der Waals surface area contributed by atoms with Crippen LogP contribution in [0.25, 0.3) is 33.5 Å². The van der Waals surface area contributed by atoms with Crippen molar-refractivity contribution < 1.29 is 18.7 Å². The molecule has 1 heterocycles. The number of carbonyl (C=O) groups excluding carboxylic acids is 2. The highest BCUT2D eigenvalue weighted by molar-refractivity contribution is 6.34. The molecule has 0 saturated carbocycles. The lowest BCUT2D eigenvalue weighted by Crippen LogP contribution is -2.11. The Labute approximate surface area is 247 Å². The molecule has 5 nitrogen and oxygen atoms in total. The summed E-state index contributed by atoms with van der Waals surface area (Å²) in [6, 6.07) is 22.9. The van der Waals surface area contributed by atoms with Gasteiger partial charge in [-0.3, -0.25) is 4.79 Å². The van der Waals surface area contributed by atoms with E-state index in [0.717, 1.165) is 18.4 Å². The average Bonchev–Trinajstić information content (AvgIpc) is 3.39. The molecule has 0 fully saturated rings. The summed E-state index contributed by atoms with van der Waals surface area (Å²) in [6.45, 7) is 2.10. The molecule has 0 radical (unpaired) electrons. The Balaban J connectivity index is 1.58. The summed E-state index contributed by atoms with van der Waals surface area (Å²) in [5.74, 6) is -0.758. The summed E-state index contributed by atoms with van der Waals surface area (Å²) in [7, 11) is 1.29. The van der Waals surface area contributed by atoms with E-state index >= 15 is 0 Å². The van der Waals surface area contributed by atoms with Gasteiger partial charge in [0.25, 0.3) is 0 Å². The normalized spacial score (nSPS) is 11.9. The van der Waals surface area contributed by atoms with E-state index in [9.17, 15) is 14.0 Å². The topological polar surface area (TPSA) is 72.0 Å². The second-order valence-electron chi connectivity index (χ2n) is 9.81. The zero-order chi connectivity index (χ0) is 29.1. The van der Waals surface area contributed by atoms with E-state index < -0.39 is 11.8 Å². The van der Waals surface area contributed by atoms with Gasteiger partial charge in [-0.15, -0.1) is 0 Å². The molecule has 208 valence electrons. The minimum Gasteiger partial charge on any atom is -0.465 e. The third kappa shape index (κ3) is 5.90. The van der Waals surface area contributed by atoms with Crippen LogP contribution in [-0.2, 0) is 4.74 Å². The Morgan fingerprint density at radius 3 is 2.46 bits per heavy atom. The van der Waals surface area contributed by atoms with Crippen molar-refractivity contribution in [2.45, 2.75) is 32.1 Å². The van der Waals surface area contributed by atoms with Crippen LogP contribution < -0.4 is 0 Å². The number of hydrogen-bond acceptors (Lipinski definition) is 4. The first-order chi connectivity index (χ1) is 19.8. The molecule has 5 rings (SSSR count). The monoisotopic (exact) mass is 588 g/mol. The van der Waals surface area contributed by atoms with Crippen molar-refractivity contribution in [3.63, 3.8) is 0 Å². The van der Waals surface area contributed by atoms with Crippen LogP contribution in [0.5, 0.6) is 0 Å². The molecular formula is C33H27Cl2FN2O3. The average molecular weight is 589 g/mol. The molecule has 41 heavy (non-hydrogen) atoms. The maximum Gasteiger partial charge on any atom is 0.338 e. The lowest BCUT2D eigenvalue weighted by molar-refractivity contribution is 0.0601. The molecule has 0 aliphatic carbocycles. The van der Waals surface area contributed by atoms with Gasteiger partial charge in [0.2, 0.25) is 0 Å². The molecular weight excluding hydrogens is 562 g/mol. The minimum absolute atomic E-state index is 0.0384. The molecule has 0 unspecified atom stereocenters. The number of Topliss-reactive ketones (excluding diaryl/α,β-unsaturated/α-hetero) is 1. The lowest BCUT2D eigenvalue weighted by atomic mass is 9.87. The Bertz CT molecular complexity index is 1710. The largest absolute Gasteiger partial charge is 0.465 e. The lowest BCUT2D eigenvalue weighted by Gasteiger charge is -2.17. The Morgan fingerprint density at radius 1 is 0.951 bits per heavy atom. The second-order valence-corrected chi connectivity index (χ2v) is 10.6. The van der Waals surface area contributed by atoms with E-state index in [4.69, 9.17) is 27.9 Å². The minimum atomic E-state index is -0.604. The molecule has 0 saturated heterocycles. The van der Waals surface area contributed by atoms with Gasteiger partial charge in [-0.25, -0.2) is 14.2 Å². The van der Waals surface area contributed by atoms with E-state index in [-0.39, 0.29) is 22.3 Å². The molecule has 8 heteroatoms. The van der Waals surface area contributed by atoms with E-state index in [2.05, 4.69) is 16.9 Å². The van der Waals surface area contributed by atoms with Crippen molar-refractivity contribution in [3.05, 3.63) is 111 Å². The standard InChI is InChI=1S/C33H27Cl2FN2O3/c1-3-8-20(19-9-5-4-6-10-19)16-30(39)21-13-14-22(24(15-21)33(40)41-2)31-23(11-7-12-25(31)34)32-37-28-17-26(35)27(36)18-29(28)38-32/h4-7,9-15,17-18,20H,3,8,16H2,1-2H3,(H,37,38)/t20-/m0/s1. The van der Waals surface area contributed by atoms with Crippen LogP contribution in [0.1, 0.15) is 58.4 Å². The van der Waals surface area contributed by atoms with E-state index in [0.29, 0.717) is 50.6 Å². The number of rotatable bonds is 9. The Hall–Kier alpha value is -4.00. The molecule has 0 amide bonds. The van der Waals surface area contributed by atoms with Crippen molar-refractivity contribution in [3.8, 4) is 22.5 Å². The van der Waals surface area contributed by atoms with Crippen molar-refractivity contribution in [2.24, 2.45) is 0 Å². The number of carbonyl (C=O) groups is 2. The van der Waals surface area contributed by atoms with E-state index in [1.165, 1.54) is 19.2 Å². The van der Waals surface area contributed by atoms with E-state index in [1.54, 1.807) is 36.4 Å². The Kier molecular flexibility index (Phi) is 8.52. The predicted molar refractivity (Wildman–Crippen MR) is 161 cm³/mol. The van der Waals surface area contributed by atoms with Crippen molar-refractivity contribution in [1.82, 2.24) is 9.97 Å². The van der Waals surface area contributed by atoms with Crippen LogP contribution in [0.4, 0.5) is 4.39 Å². The fourth-order valence-electron chi connectivity index (χ4n) is 5.14. The van der Waals surface area contributed by atoms with Gasteiger partial charge in [0, 0.05) is 34.2 Å². The number of methoxy groups -OCH3 is 1. The van der Waals surface area contributed by atoms with Crippen LogP contribution in [0.3, 0.4) is 0 Å². The van der Waals surface area contributed by atoms with Crippen LogP contribution in [0.2, 0.25) is 10.0 Å². The second kappa shape index (κ2) is 12.2. The summed E-state index contributed by atoms with van der Waals surface area (Å²) in [6.07, 6.45) is 2.12. The number of benzene rings is 4.